The predicted octanol–water partition coefficient (Wildman–Crippen LogP) is 2.20. The molecule has 3 aromatic rings. The summed E-state index contributed by atoms with van der Waals surface area (Å²) in [5, 5.41) is 5.29. The van der Waals surface area contributed by atoms with Gasteiger partial charge < -0.3 is 15.1 Å². The molecule has 2 N–H and O–H groups in total. The van der Waals surface area contributed by atoms with Crippen LogP contribution in [0.2, 0.25) is 0 Å². The van der Waals surface area contributed by atoms with Crippen molar-refractivity contribution in [3.63, 3.8) is 0 Å². The molecule has 27 heavy (non-hydrogen) atoms. The molecule has 0 fully saturated rings. The molecule has 8 nitrogen and oxygen atoms in total. The van der Waals surface area contributed by atoms with Crippen molar-refractivity contribution in [2.24, 2.45) is 5.92 Å². The Balaban J connectivity index is 1.82. The summed E-state index contributed by atoms with van der Waals surface area (Å²) in [4.78, 5) is 41.0. The van der Waals surface area contributed by atoms with Gasteiger partial charge in [0.05, 0.1) is 24.6 Å². The number of rotatable bonds is 6. The zero-order chi connectivity index (χ0) is 19.4. The lowest BCUT2D eigenvalue weighted by Crippen LogP contribution is -2.26. The standard InChI is InChI=1S/C19H20N4O4/c1-12(2)8-17(24)22-15-10-20-16-6-5-13(11-23(16)19(15)26)18(25)21-9-14-4-3-7-27-14/h3-7,10-12H,8-9H2,1-2H3,(H,21,25)(H,22,24). The number of anilines is 1. The Morgan fingerprint density at radius 3 is 2.78 bits per heavy atom. The van der Waals surface area contributed by atoms with E-state index in [4.69, 9.17) is 4.42 Å². The van der Waals surface area contributed by atoms with Gasteiger partial charge in [-0.2, -0.15) is 0 Å². The molecule has 0 unspecified atom stereocenters. The van der Waals surface area contributed by atoms with Crippen molar-refractivity contribution >= 4 is 23.1 Å². The monoisotopic (exact) mass is 368 g/mol. The molecule has 2 amide bonds. The Morgan fingerprint density at radius 2 is 2.07 bits per heavy atom. The lowest BCUT2D eigenvalue weighted by atomic mass is 10.1. The molecular formula is C19H20N4O4. The second-order valence-electron chi connectivity index (χ2n) is 6.53. The maximum Gasteiger partial charge on any atom is 0.281 e. The fraction of sp³-hybridized carbons (Fsp3) is 0.263. The molecule has 0 aliphatic rings. The second kappa shape index (κ2) is 7.86. The van der Waals surface area contributed by atoms with E-state index in [1.54, 1.807) is 24.3 Å². The third-order valence-corrected chi connectivity index (χ3v) is 3.84. The summed E-state index contributed by atoms with van der Waals surface area (Å²) >= 11 is 0. The Bertz CT molecular complexity index is 1020. The van der Waals surface area contributed by atoms with Gasteiger partial charge >= 0.3 is 0 Å². The summed E-state index contributed by atoms with van der Waals surface area (Å²) in [6, 6.07) is 6.64. The number of fused-ring (bicyclic) bond motifs is 1. The topological polar surface area (TPSA) is 106 Å². The fourth-order valence-corrected chi connectivity index (χ4v) is 2.55. The SMILES string of the molecule is CC(C)CC(=O)Nc1cnc2ccc(C(=O)NCc3ccco3)cn2c1=O. The van der Waals surface area contributed by atoms with Crippen LogP contribution in [0, 0.1) is 5.92 Å². The number of nitrogens with one attached hydrogen (secondary N) is 2. The van der Waals surface area contributed by atoms with Crippen molar-refractivity contribution in [1.82, 2.24) is 14.7 Å². The fourth-order valence-electron chi connectivity index (χ4n) is 2.55. The average Bonchev–Trinajstić information content (AvgIpc) is 3.15. The molecule has 0 bridgehead atoms. The van der Waals surface area contributed by atoms with Crippen molar-refractivity contribution in [3.8, 4) is 0 Å². The zero-order valence-corrected chi connectivity index (χ0v) is 15.1. The normalized spacial score (nSPS) is 10.9. The van der Waals surface area contributed by atoms with Gasteiger partial charge in [-0.05, 0) is 30.2 Å². The Labute approximate surface area is 155 Å². The summed E-state index contributed by atoms with van der Waals surface area (Å²) in [6.45, 7) is 4.07. The highest BCUT2D eigenvalue weighted by atomic mass is 16.3. The number of carbonyl (C=O) groups is 2. The molecule has 3 aromatic heterocycles. The Hall–Kier alpha value is -3.42. The Morgan fingerprint density at radius 1 is 1.26 bits per heavy atom. The van der Waals surface area contributed by atoms with E-state index in [1.165, 1.54) is 23.1 Å². The molecular weight excluding hydrogens is 348 g/mol. The lowest BCUT2D eigenvalue weighted by Gasteiger charge is -2.09. The van der Waals surface area contributed by atoms with Gasteiger partial charge in [-0.3, -0.25) is 18.8 Å². The molecule has 0 radical (unpaired) electrons. The molecule has 0 aliphatic heterocycles. The van der Waals surface area contributed by atoms with E-state index in [0.29, 0.717) is 23.4 Å². The lowest BCUT2D eigenvalue weighted by molar-refractivity contribution is -0.116. The number of aromatic nitrogens is 2. The van der Waals surface area contributed by atoms with E-state index in [2.05, 4.69) is 15.6 Å². The number of amides is 2. The van der Waals surface area contributed by atoms with E-state index in [-0.39, 0.29) is 30.0 Å². The quantitative estimate of drug-likeness (QED) is 0.694. The molecule has 140 valence electrons. The number of carbonyl (C=O) groups excluding carboxylic acids is 2. The number of nitrogens with zero attached hydrogens (tertiary/aromatic N) is 2. The van der Waals surface area contributed by atoms with Crippen LogP contribution in [0.4, 0.5) is 5.69 Å². The summed E-state index contributed by atoms with van der Waals surface area (Å²) in [6.07, 6.45) is 4.56. The first-order chi connectivity index (χ1) is 12.9. The minimum absolute atomic E-state index is 0.0753. The molecule has 0 saturated carbocycles. The zero-order valence-electron chi connectivity index (χ0n) is 15.1. The number of furan rings is 1. The van der Waals surface area contributed by atoms with Crippen LogP contribution in [0.15, 0.2) is 52.1 Å². The minimum Gasteiger partial charge on any atom is -0.467 e. The average molecular weight is 368 g/mol. The van der Waals surface area contributed by atoms with Crippen LogP contribution in [0.3, 0.4) is 0 Å². The molecule has 0 spiro atoms. The molecule has 3 heterocycles. The molecule has 0 aromatic carbocycles. The molecule has 0 saturated heterocycles. The van der Waals surface area contributed by atoms with Crippen molar-refractivity contribution in [1.29, 1.82) is 0 Å². The van der Waals surface area contributed by atoms with Gasteiger partial charge in [-0.1, -0.05) is 13.8 Å². The van der Waals surface area contributed by atoms with E-state index >= 15 is 0 Å². The van der Waals surface area contributed by atoms with Crippen molar-refractivity contribution < 1.29 is 14.0 Å². The smallest absolute Gasteiger partial charge is 0.281 e. The van der Waals surface area contributed by atoms with Gasteiger partial charge in [0, 0.05) is 12.6 Å². The summed E-state index contributed by atoms with van der Waals surface area (Å²) in [7, 11) is 0. The van der Waals surface area contributed by atoms with Crippen molar-refractivity contribution in [3.05, 3.63) is 64.6 Å². The van der Waals surface area contributed by atoms with Crippen molar-refractivity contribution in [2.45, 2.75) is 26.8 Å². The molecule has 3 rings (SSSR count). The van der Waals surface area contributed by atoms with Crippen LogP contribution < -0.4 is 16.2 Å². The summed E-state index contributed by atoms with van der Waals surface area (Å²) in [5.74, 6) is 0.189. The number of hydrogen-bond acceptors (Lipinski definition) is 5. The van der Waals surface area contributed by atoms with Crippen LogP contribution in [0.5, 0.6) is 0 Å². The molecule has 8 heteroatoms. The summed E-state index contributed by atoms with van der Waals surface area (Å²) < 4.78 is 6.41. The van der Waals surface area contributed by atoms with Crippen LogP contribution in [-0.2, 0) is 11.3 Å². The highest BCUT2D eigenvalue weighted by Gasteiger charge is 2.12. The van der Waals surface area contributed by atoms with Crippen LogP contribution >= 0.6 is 0 Å². The van der Waals surface area contributed by atoms with Crippen molar-refractivity contribution in [2.75, 3.05) is 5.32 Å². The summed E-state index contributed by atoms with van der Waals surface area (Å²) in [5.41, 5.74) is 0.303. The van der Waals surface area contributed by atoms with Gasteiger partial charge in [0.25, 0.3) is 11.5 Å². The predicted molar refractivity (Wildman–Crippen MR) is 99.4 cm³/mol. The first-order valence-electron chi connectivity index (χ1n) is 8.56. The van der Waals surface area contributed by atoms with E-state index in [9.17, 15) is 14.4 Å². The Kier molecular flexibility index (Phi) is 5.35. The van der Waals surface area contributed by atoms with E-state index in [0.717, 1.165) is 0 Å². The first-order valence-corrected chi connectivity index (χ1v) is 8.56. The first kappa shape index (κ1) is 18.4. The largest absolute Gasteiger partial charge is 0.467 e. The van der Waals surface area contributed by atoms with Gasteiger partial charge in [0.1, 0.15) is 17.1 Å². The third kappa shape index (κ3) is 4.41. The molecule has 0 atom stereocenters. The van der Waals surface area contributed by atoms with Crippen LogP contribution in [0.25, 0.3) is 5.65 Å². The molecule has 0 aliphatic carbocycles. The maximum atomic E-state index is 12.6. The van der Waals surface area contributed by atoms with Gasteiger partial charge in [-0.25, -0.2) is 4.98 Å². The second-order valence-corrected chi connectivity index (χ2v) is 6.53. The highest BCUT2D eigenvalue weighted by molar-refractivity contribution is 5.94. The maximum absolute atomic E-state index is 12.6. The highest BCUT2D eigenvalue weighted by Crippen LogP contribution is 2.08. The van der Waals surface area contributed by atoms with Crippen LogP contribution in [0.1, 0.15) is 36.4 Å². The van der Waals surface area contributed by atoms with E-state index in [1.807, 2.05) is 13.8 Å². The van der Waals surface area contributed by atoms with Gasteiger partial charge in [0.15, 0.2) is 0 Å². The van der Waals surface area contributed by atoms with Gasteiger partial charge in [-0.15, -0.1) is 0 Å². The van der Waals surface area contributed by atoms with Gasteiger partial charge in [0.2, 0.25) is 5.91 Å². The number of hydrogen-bond donors (Lipinski definition) is 2. The minimum atomic E-state index is -0.446. The van der Waals surface area contributed by atoms with Crippen LogP contribution in [-0.4, -0.2) is 21.2 Å². The third-order valence-electron chi connectivity index (χ3n) is 3.84. The van der Waals surface area contributed by atoms with E-state index < -0.39 is 5.56 Å². The number of pyridine rings is 1.